The molecule has 1 amide bonds. The molecule has 4 heteroatoms. The van der Waals surface area contributed by atoms with Crippen LogP contribution in [0.4, 0.5) is 0 Å². The maximum atomic E-state index is 11.7. The molecule has 1 aromatic carbocycles. The first-order valence-electron chi connectivity index (χ1n) is 6.45. The molecule has 0 aliphatic heterocycles. The normalized spacial score (nSPS) is 16.3. The summed E-state index contributed by atoms with van der Waals surface area (Å²) in [6.45, 7) is 1.15. The van der Waals surface area contributed by atoms with Crippen LogP contribution in [0.1, 0.15) is 24.4 Å². The lowest BCUT2D eigenvalue weighted by atomic mass is 10.1. The summed E-state index contributed by atoms with van der Waals surface area (Å²) >= 11 is 0. The van der Waals surface area contributed by atoms with E-state index in [-0.39, 0.29) is 18.6 Å². The standard InChI is InChI=1S/C14H20N2O2/c17-10-13(12-4-2-1-3-5-12)16-14(18)9-15-8-11-6-7-11/h1-5,11,13,15,17H,6-10H2,(H,16,18)/t13-/m0/s1. The first kappa shape index (κ1) is 13.1. The highest BCUT2D eigenvalue weighted by Gasteiger charge is 2.21. The highest BCUT2D eigenvalue weighted by Crippen LogP contribution is 2.27. The van der Waals surface area contributed by atoms with Gasteiger partial charge < -0.3 is 15.7 Å². The van der Waals surface area contributed by atoms with Crippen molar-refractivity contribution in [3.8, 4) is 0 Å². The molecule has 1 saturated carbocycles. The molecule has 4 nitrogen and oxygen atoms in total. The molecule has 98 valence electrons. The molecular formula is C14H20N2O2. The van der Waals surface area contributed by atoms with Crippen molar-refractivity contribution in [3.05, 3.63) is 35.9 Å². The molecule has 0 bridgehead atoms. The average molecular weight is 248 g/mol. The molecule has 3 N–H and O–H groups in total. The van der Waals surface area contributed by atoms with Crippen molar-refractivity contribution >= 4 is 5.91 Å². The Morgan fingerprint density at radius 1 is 1.33 bits per heavy atom. The zero-order valence-electron chi connectivity index (χ0n) is 10.4. The Bertz CT molecular complexity index is 377. The number of aliphatic hydroxyl groups is 1. The van der Waals surface area contributed by atoms with E-state index in [2.05, 4.69) is 10.6 Å². The highest BCUT2D eigenvalue weighted by atomic mass is 16.3. The van der Waals surface area contributed by atoms with Crippen molar-refractivity contribution in [2.24, 2.45) is 5.92 Å². The topological polar surface area (TPSA) is 61.4 Å². The predicted molar refractivity (Wildman–Crippen MR) is 70.0 cm³/mol. The Labute approximate surface area is 107 Å². The Hall–Kier alpha value is -1.39. The Morgan fingerprint density at radius 3 is 2.67 bits per heavy atom. The minimum absolute atomic E-state index is 0.0708. The van der Waals surface area contributed by atoms with E-state index in [9.17, 15) is 9.90 Å². The SMILES string of the molecule is O=C(CNCC1CC1)N[C@@H](CO)c1ccccc1. The van der Waals surface area contributed by atoms with Gasteiger partial charge in [-0.3, -0.25) is 4.79 Å². The third kappa shape index (κ3) is 4.13. The van der Waals surface area contributed by atoms with Gasteiger partial charge in [0.15, 0.2) is 0 Å². The van der Waals surface area contributed by atoms with Crippen molar-refractivity contribution < 1.29 is 9.90 Å². The first-order valence-corrected chi connectivity index (χ1v) is 6.45. The fourth-order valence-electron chi connectivity index (χ4n) is 1.88. The molecule has 0 spiro atoms. The van der Waals surface area contributed by atoms with Crippen LogP contribution in [0.5, 0.6) is 0 Å². The maximum Gasteiger partial charge on any atom is 0.234 e. The minimum Gasteiger partial charge on any atom is -0.394 e. The molecule has 0 heterocycles. The Balaban J connectivity index is 1.76. The van der Waals surface area contributed by atoms with Crippen LogP contribution in [0.2, 0.25) is 0 Å². The van der Waals surface area contributed by atoms with Gasteiger partial charge in [-0.05, 0) is 30.9 Å². The van der Waals surface area contributed by atoms with E-state index in [1.54, 1.807) is 0 Å². The summed E-state index contributed by atoms with van der Waals surface area (Å²) in [5.41, 5.74) is 0.926. The predicted octanol–water partition coefficient (Wildman–Crippen LogP) is 0.836. The fraction of sp³-hybridized carbons (Fsp3) is 0.500. The summed E-state index contributed by atoms with van der Waals surface area (Å²) in [5.74, 6) is 0.694. The van der Waals surface area contributed by atoms with Gasteiger partial charge in [-0.25, -0.2) is 0 Å². The fourth-order valence-corrected chi connectivity index (χ4v) is 1.88. The number of carbonyl (C=O) groups excluding carboxylic acids is 1. The monoisotopic (exact) mass is 248 g/mol. The highest BCUT2D eigenvalue weighted by molar-refractivity contribution is 5.78. The number of amides is 1. The van der Waals surface area contributed by atoms with Crippen LogP contribution >= 0.6 is 0 Å². The lowest BCUT2D eigenvalue weighted by Crippen LogP contribution is -2.38. The smallest absolute Gasteiger partial charge is 0.234 e. The molecular weight excluding hydrogens is 228 g/mol. The van der Waals surface area contributed by atoms with Crippen LogP contribution in [0.25, 0.3) is 0 Å². The Kier molecular flexibility index (Phi) is 4.73. The molecule has 1 aliphatic carbocycles. The van der Waals surface area contributed by atoms with E-state index in [1.807, 2.05) is 30.3 Å². The van der Waals surface area contributed by atoms with Crippen molar-refractivity contribution in [3.63, 3.8) is 0 Å². The summed E-state index contributed by atoms with van der Waals surface area (Å²) in [5, 5.41) is 15.3. The summed E-state index contributed by atoms with van der Waals surface area (Å²) in [4.78, 5) is 11.7. The average Bonchev–Trinajstić information content (AvgIpc) is 3.21. The number of hydrogen-bond acceptors (Lipinski definition) is 3. The van der Waals surface area contributed by atoms with E-state index in [4.69, 9.17) is 0 Å². The lowest BCUT2D eigenvalue weighted by Gasteiger charge is -2.16. The third-order valence-corrected chi connectivity index (χ3v) is 3.14. The van der Waals surface area contributed by atoms with E-state index in [0.29, 0.717) is 6.54 Å². The van der Waals surface area contributed by atoms with Gasteiger partial charge in [0, 0.05) is 0 Å². The van der Waals surface area contributed by atoms with Gasteiger partial charge in [0.1, 0.15) is 0 Å². The van der Waals surface area contributed by atoms with Gasteiger partial charge in [-0.15, -0.1) is 0 Å². The van der Waals surface area contributed by atoms with Crippen LogP contribution in [0.3, 0.4) is 0 Å². The number of hydrogen-bond donors (Lipinski definition) is 3. The number of carbonyl (C=O) groups is 1. The molecule has 1 atom stereocenters. The molecule has 1 aromatic rings. The van der Waals surface area contributed by atoms with Crippen LogP contribution in [-0.2, 0) is 4.79 Å². The first-order chi connectivity index (χ1) is 8.79. The largest absolute Gasteiger partial charge is 0.394 e. The molecule has 1 aliphatic rings. The number of benzene rings is 1. The van der Waals surface area contributed by atoms with E-state index < -0.39 is 0 Å². The zero-order chi connectivity index (χ0) is 12.8. The molecule has 2 rings (SSSR count). The lowest BCUT2D eigenvalue weighted by molar-refractivity contribution is -0.121. The maximum absolute atomic E-state index is 11.7. The molecule has 0 aromatic heterocycles. The number of rotatable bonds is 7. The van der Waals surface area contributed by atoms with Gasteiger partial charge >= 0.3 is 0 Å². The molecule has 1 fully saturated rings. The van der Waals surface area contributed by atoms with Crippen molar-refractivity contribution in [1.82, 2.24) is 10.6 Å². The summed E-state index contributed by atoms with van der Waals surface area (Å²) in [7, 11) is 0. The van der Waals surface area contributed by atoms with Crippen molar-refractivity contribution in [2.45, 2.75) is 18.9 Å². The van der Waals surface area contributed by atoms with Gasteiger partial charge in [-0.2, -0.15) is 0 Å². The molecule has 18 heavy (non-hydrogen) atoms. The molecule has 0 radical (unpaired) electrons. The number of aliphatic hydroxyl groups excluding tert-OH is 1. The van der Waals surface area contributed by atoms with Crippen LogP contribution in [0.15, 0.2) is 30.3 Å². The number of nitrogens with one attached hydrogen (secondary N) is 2. The van der Waals surface area contributed by atoms with Gasteiger partial charge in [0.25, 0.3) is 0 Å². The van der Waals surface area contributed by atoms with Crippen molar-refractivity contribution in [1.29, 1.82) is 0 Å². The quantitative estimate of drug-likeness (QED) is 0.670. The van der Waals surface area contributed by atoms with Crippen LogP contribution < -0.4 is 10.6 Å². The minimum atomic E-state index is -0.318. The van der Waals surface area contributed by atoms with Crippen molar-refractivity contribution in [2.75, 3.05) is 19.7 Å². The van der Waals surface area contributed by atoms with Gasteiger partial charge in [-0.1, -0.05) is 30.3 Å². The summed E-state index contributed by atoms with van der Waals surface area (Å²) < 4.78 is 0. The van der Waals surface area contributed by atoms with Gasteiger partial charge in [0.2, 0.25) is 5.91 Å². The molecule has 0 saturated heterocycles. The third-order valence-electron chi connectivity index (χ3n) is 3.14. The second kappa shape index (κ2) is 6.52. The van der Waals surface area contributed by atoms with E-state index >= 15 is 0 Å². The zero-order valence-corrected chi connectivity index (χ0v) is 10.4. The summed E-state index contributed by atoms with van der Waals surface area (Å²) in [6, 6.07) is 9.20. The van der Waals surface area contributed by atoms with Crippen LogP contribution in [-0.4, -0.2) is 30.7 Å². The van der Waals surface area contributed by atoms with Gasteiger partial charge in [0.05, 0.1) is 19.2 Å². The molecule has 0 unspecified atom stereocenters. The second-order valence-corrected chi connectivity index (χ2v) is 4.79. The van der Waals surface area contributed by atoms with E-state index in [0.717, 1.165) is 18.0 Å². The second-order valence-electron chi connectivity index (χ2n) is 4.79. The van der Waals surface area contributed by atoms with E-state index in [1.165, 1.54) is 12.8 Å². The summed E-state index contributed by atoms with van der Waals surface area (Å²) in [6.07, 6.45) is 2.55. The van der Waals surface area contributed by atoms with Crippen LogP contribution in [0, 0.1) is 5.92 Å². The Morgan fingerprint density at radius 2 is 2.06 bits per heavy atom.